The van der Waals surface area contributed by atoms with Crippen molar-refractivity contribution in [2.24, 2.45) is 11.7 Å². The molecule has 1 aromatic carbocycles. The molecule has 0 aromatic heterocycles. The molecule has 6 nitrogen and oxygen atoms in total. The van der Waals surface area contributed by atoms with Crippen LogP contribution in [0.25, 0.3) is 0 Å². The summed E-state index contributed by atoms with van der Waals surface area (Å²) in [4.78, 5) is 23.8. The second kappa shape index (κ2) is 8.89. The number of esters is 1. The molecule has 3 N–H and O–H groups in total. The first kappa shape index (κ1) is 20.3. The van der Waals surface area contributed by atoms with Crippen LogP contribution in [0.5, 0.6) is 5.75 Å². The summed E-state index contributed by atoms with van der Waals surface area (Å²) in [5, 5.41) is 2.76. The Morgan fingerprint density at radius 2 is 1.92 bits per heavy atom. The number of carbonyl (C=O) groups is 2. The van der Waals surface area contributed by atoms with E-state index in [1.54, 1.807) is 0 Å². The molecule has 0 aliphatic heterocycles. The quantitative estimate of drug-likeness (QED) is 0.688. The summed E-state index contributed by atoms with van der Waals surface area (Å²) in [6.07, 6.45) is 1.87. The molecular formula is C17H25ClN2O4. The lowest BCUT2D eigenvalue weighted by atomic mass is 9.99. The zero-order valence-corrected chi connectivity index (χ0v) is 14.9. The highest BCUT2D eigenvalue weighted by Crippen LogP contribution is 2.32. The van der Waals surface area contributed by atoms with E-state index in [2.05, 4.69) is 5.32 Å². The fourth-order valence-corrected chi connectivity index (χ4v) is 2.33. The van der Waals surface area contributed by atoms with Gasteiger partial charge in [0.05, 0.1) is 25.2 Å². The van der Waals surface area contributed by atoms with Crippen molar-refractivity contribution in [2.45, 2.75) is 31.7 Å². The zero-order chi connectivity index (χ0) is 16.9. The minimum atomic E-state index is -0.736. The van der Waals surface area contributed by atoms with E-state index in [-0.39, 0.29) is 30.8 Å². The van der Waals surface area contributed by atoms with E-state index < -0.39 is 11.5 Å². The summed E-state index contributed by atoms with van der Waals surface area (Å²) in [6, 6.07) is 7.55. The average molecular weight is 357 g/mol. The summed E-state index contributed by atoms with van der Waals surface area (Å²) >= 11 is 0. The normalized spacial score (nSPS) is 15.6. The highest BCUT2D eigenvalue weighted by atomic mass is 35.5. The molecule has 0 heterocycles. The van der Waals surface area contributed by atoms with E-state index in [4.69, 9.17) is 15.2 Å². The van der Waals surface area contributed by atoms with Crippen LogP contribution >= 0.6 is 12.4 Å². The number of carbonyl (C=O) groups excluding carboxylic acids is 2. The van der Waals surface area contributed by atoms with Crippen molar-refractivity contribution in [2.75, 3.05) is 20.3 Å². The van der Waals surface area contributed by atoms with Gasteiger partial charge in [0.25, 0.3) is 0 Å². The van der Waals surface area contributed by atoms with Crippen LogP contribution in [0, 0.1) is 5.92 Å². The Morgan fingerprint density at radius 3 is 2.42 bits per heavy atom. The van der Waals surface area contributed by atoms with Crippen molar-refractivity contribution in [3.05, 3.63) is 29.8 Å². The Morgan fingerprint density at radius 1 is 1.29 bits per heavy atom. The van der Waals surface area contributed by atoms with Gasteiger partial charge in [-0.05, 0) is 43.9 Å². The highest BCUT2D eigenvalue weighted by Gasteiger charge is 2.46. The third kappa shape index (κ3) is 5.39. The molecule has 1 fully saturated rings. The number of hydrogen-bond donors (Lipinski definition) is 2. The van der Waals surface area contributed by atoms with Crippen molar-refractivity contribution in [1.29, 1.82) is 0 Å². The Balaban J connectivity index is 0.00000288. The maximum absolute atomic E-state index is 11.9. The first-order chi connectivity index (χ1) is 11.0. The average Bonchev–Trinajstić information content (AvgIpc) is 3.31. The van der Waals surface area contributed by atoms with Gasteiger partial charge in [-0.15, -0.1) is 12.4 Å². The van der Waals surface area contributed by atoms with Crippen LogP contribution in [0.3, 0.4) is 0 Å². The van der Waals surface area contributed by atoms with Crippen LogP contribution < -0.4 is 15.8 Å². The molecule has 1 atom stereocenters. The Hall–Kier alpha value is -1.79. The van der Waals surface area contributed by atoms with Gasteiger partial charge in [0.2, 0.25) is 5.91 Å². The van der Waals surface area contributed by atoms with Gasteiger partial charge in [-0.3, -0.25) is 9.59 Å². The third-order valence-electron chi connectivity index (χ3n) is 4.00. The van der Waals surface area contributed by atoms with Gasteiger partial charge in [0.15, 0.2) is 0 Å². The van der Waals surface area contributed by atoms with Crippen LogP contribution in [0.4, 0.5) is 0 Å². The Labute approximate surface area is 148 Å². The second-order valence-corrected chi connectivity index (χ2v) is 5.87. The smallest absolute Gasteiger partial charge is 0.310 e. The predicted octanol–water partition coefficient (Wildman–Crippen LogP) is 1.45. The van der Waals surface area contributed by atoms with Gasteiger partial charge in [0, 0.05) is 6.54 Å². The first-order valence-electron chi connectivity index (χ1n) is 7.85. The lowest BCUT2D eigenvalue weighted by molar-refractivity contribution is -0.145. The molecule has 1 aliphatic rings. The molecule has 1 aliphatic carbocycles. The third-order valence-corrected chi connectivity index (χ3v) is 4.00. The van der Waals surface area contributed by atoms with Gasteiger partial charge in [-0.25, -0.2) is 0 Å². The summed E-state index contributed by atoms with van der Waals surface area (Å²) in [7, 11) is 1.35. The van der Waals surface area contributed by atoms with Crippen molar-refractivity contribution in [1.82, 2.24) is 5.32 Å². The molecular weight excluding hydrogens is 332 g/mol. The molecule has 0 spiro atoms. The van der Waals surface area contributed by atoms with Crippen molar-refractivity contribution >= 4 is 24.3 Å². The number of nitrogens with one attached hydrogen (secondary N) is 1. The molecule has 0 radical (unpaired) electrons. The van der Waals surface area contributed by atoms with Crippen molar-refractivity contribution in [3.8, 4) is 5.75 Å². The van der Waals surface area contributed by atoms with Crippen molar-refractivity contribution < 1.29 is 19.1 Å². The molecule has 0 bridgehead atoms. The molecule has 1 aromatic rings. The number of rotatable bonds is 8. The maximum atomic E-state index is 11.9. The number of benzene rings is 1. The van der Waals surface area contributed by atoms with E-state index in [0.29, 0.717) is 25.9 Å². The summed E-state index contributed by atoms with van der Waals surface area (Å²) in [5.41, 5.74) is 6.08. The predicted molar refractivity (Wildman–Crippen MR) is 93.2 cm³/mol. The number of hydrogen-bond acceptors (Lipinski definition) is 5. The monoisotopic (exact) mass is 356 g/mol. The minimum absolute atomic E-state index is 0. The molecule has 24 heavy (non-hydrogen) atoms. The number of methoxy groups -OCH3 is 1. The fraction of sp³-hybridized carbons (Fsp3) is 0.529. The Bertz CT molecular complexity index is 558. The number of nitrogens with two attached hydrogens (primary N) is 1. The molecule has 2 rings (SSSR count). The van der Waals surface area contributed by atoms with Gasteiger partial charge >= 0.3 is 5.97 Å². The van der Waals surface area contributed by atoms with E-state index in [1.807, 2.05) is 31.2 Å². The lowest BCUT2D eigenvalue weighted by Crippen LogP contribution is -2.45. The zero-order valence-electron chi connectivity index (χ0n) is 14.0. The summed E-state index contributed by atoms with van der Waals surface area (Å²) in [6.45, 7) is 2.75. The first-order valence-corrected chi connectivity index (χ1v) is 7.85. The number of amides is 1. The van der Waals surface area contributed by atoms with E-state index >= 15 is 0 Å². The van der Waals surface area contributed by atoms with Crippen molar-refractivity contribution in [3.63, 3.8) is 0 Å². The van der Waals surface area contributed by atoms with Gasteiger partial charge in [-0.2, -0.15) is 0 Å². The van der Waals surface area contributed by atoms with Crippen LogP contribution in [0.2, 0.25) is 0 Å². The Kier molecular flexibility index (Phi) is 7.51. The van der Waals surface area contributed by atoms with Crippen LogP contribution in [-0.4, -0.2) is 37.7 Å². The molecule has 1 unspecified atom stereocenters. The largest absolute Gasteiger partial charge is 0.494 e. The van der Waals surface area contributed by atoms with Crippen LogP contribution in [0.1, 0.15) is 25.3 Å². The SMILES string of the molecule is CCOc1ccc(CC(CNC(=O)C2(N)CC2)C(=O)OC)cc1.Cl. The second-order valence-electron chi connectivity index (χ2n) is 5.87. The van der Waals surface area contributed by atoms with Crippen LogP contribution in [-0.2, 0) is 20.7 Å². The molecule has 134 valence electrons. The molecule has 0 saturated heterocycles. The van der Waals surface area contributed by atoms with E-state index in [0.717, 1.165) is 11.3 Å². The highest BCUT2D eigenvalue weighted by molar-refractivity contribution is 5.89. The van der Waals surface area contributed by atoms with E-state index in [1.165, 1.54) is 7.11 Å². The standard InChI is InChI=1S/C17H24N2O4.ClH/c1-3-23-14-6-4-12(5-7-14)10-13(15(20)22-2)11-19-16(21)17(18)8-9-17;/h4-7,13H,3,8-11,18H2,1-2H3,(H,19,21);1H. The minimum Gasteiger partial charge on any atom is -0.494 e. The number of ether oxygens (including phenoxy) is 2. The van der Waals surface area contributed by atoms with Crippen LogP contribution in [0.15, 0.2) is 24.3 Å². The topological polar surface area (TPSA) is 90.6 Å². The molecule has 7 heteroatoms. The fourth-order valence-electron chi connectivity index (χ4n) is 2.33. The molecule has 1 amide bonds. The van der Waals surface area contributed by atoms with E-state index in [9.17, 15) is 9.59 Å². The summed E-state index contributed by atoms with van der Waals surface area (Å²) in [5.74, 6) is -0.193. The van der Waals surface area contributed by atoms with Gasteiger partial charge < -0.3 is 20.5 Å². The van der Waals surface area contributed by atoms with Gasteiger partial charge in [-0.1, -0.05) is 12.1 Å². The lowest BCUT2D eigenvalue weighted by Gasteiger charge is -2.17. The maximum Gasteiger partial charge on any atom is 0.310 e. The van der Waals surface area contributed by atoms with Gasteiger partial charge in [0.1, 0.15) is 5.75 Å². The summed E-state index contributed by atoms with van der Waals surface area (Å²) < 4.78 is 10.2. The molecule has 1 saturated carbocycles. The number of halogens is 1.